The predicted octanol–water partition coefficient (Wildman–Crippen LogP) is 2.13. The van der Waals surface area contributed by atoms with E-state index in [4.69, 9.17) is 9.15 Å². The van der Waals surface area contributed by atoms with Crippen LogP contribution in [0.25, 0.3) is 0 Å². The third-order valence-electron chi connectivity index (χ3n) is 3.62. The first kappa shape index (κ1) is 14.2. The van der Waals surface area contributed by atoms with Gasteiger partial charge in [-0.25, -0.2) is 4.79 Å². The van der Waals surface area contributed by atoms with Crippen molar-refractivity contribution >= 4 is 11.9 Å². The van der Waals surface area contributed by atoms with E-state index in [-0.39, 0.29) is 19.1 Å². The summed E-state index contributed by atoms with van der Waals surface area (Å²) in [6.07, 6.45) is 1.47. The molecule has 1 saturated heterocycles. The molecule has 1 aromatic heterocycles. The molecule has 114 valence electrons. The van der Waals surface area contributed by atoms with Gasteiger partial charge in [0.05, 0.1) is 12.8 Å². The van der Waals surface area contributed by atoms with Gasteiger partial charge in [-0.3, -0.25) is 9.69 Å². The number of hydrogen-bond donors (Lipinski definition) is 1. The number of hydrogen-bond acceptors (Lipinski definition) is 4. The smallest absolute Gasteiger partial charge is 0.325 e. The van der Waals surface area contributed by atoms with Gasteiger partial charge in [0.15, 0.2) is 5.54 Å². The number of furan rings is 1. The molecule has 1 aromatic carbocycles. The minimum absolute atomic E-state index is 0.176. The van der Waals surface area contributed by atoms with Gasteiger partial charge in [0.2, 0.25) is 0 Å². The maximum atomic E-state index is 12.5. The summed E-state index contributed by atoms with van der Waals surface area (Å²) in [7, 11) is 0. The van der Waals surface area contributed by atoms with Crippen LogP contribution in [-0.4, -0.2) is 30.0 Å². The van der Waals surface area contributed by atoms with E-state index in [0.717, 1.165) is 4.90 Å². The van der Waals surface area contributed by atoms with Crippen LogP contribution < -0.4 is 10.1 Å². The molecule has 0 unspecified atom stereocenters. The lowest BCUT2D eigenvalue weighted by molar-refractivity contribution is -0.131. The molecule has 1 fully saturated rings. The fraction of sp³-hybridized carbons (Fsp3) is 0.250. The van der Waals surface area contributed by atoms with Gasteiger partial charge in [0.1, 0.15) is 18.1 Å². The highest BCUT2D eigenvalue weighted by Crippen LogP contribution is 2.28. The summed E-state index contributed by atoms with van der Waals surface area (Å²) < 4.78 is 10.8. The first-order chi connectivity index (χ1) is 10.6. The average molecular weight is 300 g/mol. The van der Waals surface area contributed by atoms with Crippen molar-refractivity contribution in [2.75, 3.05) is 13.2 Å². The lowest BCUT2D eigenvalue weighted by atomic mass is 9.99. The molecule has 0 aliphatic carbocycles. The Balaban J connectivity index is 1.65. The molecule has 3 amide bonds. The third kappa shape index (κ3) is 2.43. The highest BCUT2D eigenvalue weighted by molar-refractivity contribution is 6.06. The SMILES string of the molecule is C[C@]1(c2ccco2)NC(=O)N(CCOc2ccccc2)C1=O. The number of nitrogens with zero attached hydrogens (tertiary/aromatic N) is 1. The molecule has 1 aliphatic rings. The molecule has 1 atom stereocenters. The van der Waals surface area contributed by atoms with Gasteiger partial charge in [0.25, 0.3) is 5.91 Å². The van der Waals surface area contributed by atoms with Gasteiger partial charge in [0, 0.05) is 0 Å². The molecule has 22 heavy (non-hydrogen) atoms. The third-order valence-corrected chi connectivity index (χ3v) is 3.62. The number of imide groups is 1. The number of urea groups is 1. The highest BCUT2D eigenvalue weighted by atomic mass is 16.5. The van der Waals surface area contributed by atoms with Crippen LogP contribution in [0.2, 0.25) is 0 Å². The van der Waals surface area contributed by atoms with Crippen molar-refractivity contribution in [1.29, 1.82) is 0 Å². The van der Waals surface area contributed by atoms with Gasteiger partial charge in [-0.15, -0.1) is 0 Å². The van der Waals surface area contributed by atoms with Gasteiger partial charge in [-0.1, -0.05) is 18.2 Å². The Morgan fingerprint density at radius 3 is 2.64 bits per heavy atom. The minimum Gasteiger partial charge on any atom is -0.492 e. The van der Waals surface area contributed by atoms with Crippen molar-refractivity contribution in [2.45, 2.75) is 12.5 Å². The number of carbonyl (C=O) groups excluding carboxylic acids is 2. The number of rotatable bonds is 5. The average Bonchev–Trinajstić information content (AvgIpc) is 3.12. The quantitative estimate of drug-likeness (QED) is 0.859. The number of amides is 3. The number of carbonyl (C=O) groups is 2. The van der Waals surface area contributed by atoms with E-state index in [9.17, 15) is 9.59 Å². The molecule has 0 bridgehead atoms. The van der Waals surface area contributed by atoms with E-state index in [1.807, 2.05) is 30.3 Å². The number of benzene rings is 1. The van der Waals surface area contributed by atoms with E-state index >= 15 is 0 Å². The Kier molecular flexibility index (Phi) is 3.58. The molecule has 2 aromatic rings. The summed E-state index contributed by atoms with van der Waals surface area (Å²) in [4.78, 5) is 25.7. The number of para-hydroxylation sites is 1. The van der Waals surface area contributed by atoms with Gasteiger partial charge in [-0.2, -0.15) is 0 Å². The molecular weight excluding hydrogens is 284 g/mol. The Labute approximate surface area is 127 Å². The fourth-order valence-corrected chi connectivity index (χ4v) is 2.40. The zero-order chi connectivity index (χ0) is 15.6. The van der Waals surface area contributed by atoms with Gasteiger partial charge >= 0.3 is 6.03 Å². The maximum Gasteiger partial charge on any atom is 0.325 e. The van der Waals surface area contributed by atoms with E-state index in [0.29, 0.717) is 11.5 Å². The standard InChI is InChI=1S/C16H16N2O4/c1-16(13-8-5-10-22-13)14(19)18(15(20)17-16)9-11-21-12-6-3-2-4-7-12/h2-8,10H,9,11H2,1H3,(H,17,20)/t16-/m1/s1. The molecule has 1 N–H and O–H groups in total. The Morgan fingerprint density at radius 1 is 1.18 bits per heavy atom. The topological polar surface area (TPSA) is 71.8 Å². The summed E-state index contributed by atoms with van der Waals surface area (Å²) >= 11 is 0. The first-order valence-electron chi connectivity index (χ1n) is 6.97. The van der Waals surface area contributed by atoms with E-state index < -0.39 is 11.6 Å². The summed E-state index contributed by atoms with van der Waals surface area (Å²) in [6, 6.07) is 12.1. The lowest BCUT2D eigenvalue weighted by Gasteiger charge is -2.19. The lowest BCUT2D eigenvalue weighted by Crippen LogP contribution is -2.41. The van der Waals surface area contributed by atoms with Crippen molar-refractivity contribution in [3.63, 3.8) is 0 Å². The first-order valence-corrected chi connectivity index (χ1v) is 6.97. The van der Waals surface area contributed by atoms with Crippen LogP contribution in [0.4, 0.5) is 4.79 Å². The zero-order valence-electron chi connectivity index (χ0n) is 12.1. The molecule has 2 heterocycles. The van der Waals surface area contributed by atoms with Crippen LogP contribution in [0.5, 0.6) is 5.75 Å². The van der Waals surface area contributed by atoms with Crippen LogP contribution >= 0.6 is 0 Å². The van der Waals surface area contributed by atoms with Crippen molar-refractivity contribution < 1.29 is 18.7 Å². The van der Waals surface area contributed by atoms with Gasteiger partial charge < -0.3 is 14.5 Å². The Hall–Kier alpha value is -2.76. The molecule has 0 spiro atoms. The predicted molar refractivity (Wildman–Crippen MR) is 78.2 cm³/mol. The van der Waals surface area contributed by atoms with Crippen molar-refractivity contribution in [2.24, 2.45) is 0 Å². The Bertz CT molecular complexity index is 669. The van der Waals surface area contributed by atoms with Crippen LogP contribution in [0.15, 0.2) is 53.1 Å². The number of nitrogens with one attached hydrogen (secondary N) is 1. The summed E-state index contributed by atoms with van der Waals surface area (Å²) in [5, 5.41) is 2.67. The van der Waals surface area contributed by atoms with Crippen molar-refractivity contribution in [3.05, 3.63) is 54.5 Å². The highest BCUT2D eigenvalue weighted by Gasteiger charge is 2.50. The normalized spacial score (nSPS) is 21.0. The second kappa shape index (κ2) is 5.55. The summed E-state index contributed by atoms with van der Waals surface area (Å²) in [5.74, 6) is 0.768. The molecule has 3 rings (SSSR count). The summed E-state index contributed by atoms with van der Waals surface area (Å²) in [6.45, 7) is 2.04. The molecule has 1 aliphatic heterocycles. The van der Waals surface area contributed by atoms with Crippen molar-refractivity contribution in [3.8, 4) is 5.75 Å². The largest absolute Gasteiger partial charge is 0.492 e. The van der Waals surface area contributed by atoms with Crippen LogP contribution in [0, 0.1) is 0 Å². The van der Waals surface area contributed by atoms with Gasteiger partial charge in [-0.05, 0) is 31.2 Å². The van der Waals surface area contributed by atoms with E-state index in [1.165, 1.54) is 6.26 Å². The number of ether oxygens (including phenoxy) is 1. The van der Waals surface area contributed by atoms with E-state index in [2.05, 4.69) is 5.32 Å². The molecule has 6 heteroatoms. The van der Waals surface area contributed by atoms with Crippen molar-refractivity contribution in [1.82, 2.24) is 10.2 Å². The molecule has 0 radical (unpaired) electrons. The van der Waals surface area contributed by atoms with E-state index in [1.54, 1.807) is 19.1 Å². The van der Waals surface area contributed by atoms with Crippen LogP contribution in [0.1, 0.15) is 12.7 Å². The second-order valence-electron chi connectivity index (χ2n) is 5.15. The Morgan fingerprint density at radius 2 is 1.95 bits per heavy atom. The minimum atomic E-state index is -1.16. The second-order valence-corrected chi connectivity index (χ2v) is 5.15. The maximum absolute atomic E-state index is 12.5. The van der Waals surface area contributed by atoms with Crippen LogP contribution in [0.3, 0.4) is 0 Å². The fourth-order valence-electron chi connectivity index (χ4n) is 2.40. The molecule has 0 saturated carbocycles. The molecular formula is C16H16N2O4. The zero-order valence-corrected chi connectivity index (χ0v) is 12.1. The molecule has 6 nitrogen and oxygen atoms in total. The monoisotopic (exact) mass is 300 g/mol. The van der Waals surface area contributed by atoms with Crippen LogP contribution in [-0.2, 0) is 10.3 Å². The summed E-state index contributed by atoms with van der Waals surface area (Å²) in [5.41, 5.74) is -1.16.